The van der Waals surface area contributed by atoms with Crippen LogP contribution >= 0.6 is 11.8 Å². The summed E-state index contributed by atoms with van der Waals surface area (Å²) in [6, 6.07) is 5.75. The van der Waals surface area contributed by atoms with Crippen LogP contribution < -0.4 is 16.1 Å². The summed E-state index contributed by atoms with van der Waals surface area (Å²) >= 11 is 1.12. The molecule has 0 aliphatic carbocycles. The highest BCUT2D eigenvalue weighted by molar-refractivity contribution is 8.15. The molecule has 1 aromatic rings. The van der Waals surface area contributed by atoms with Gasteiger partial charge in [0.15, 0.2) is 5.17 Å². The second-order valence-electron chi connectivity index (χ2n) is 5.20. The van der Waals surface area contributed by atoms with Gasteiger partial charge in [0.25, 0.3) is 0 Å². The van der Waals surface area contributed by atoms with E-state index >= 15 is 0 Å². The predicted octanol–water partition coefficient (Wildman–Crippen LogP) is 1.27. The minimum Gasteiger partial charge on any atom is -0.326 e. The first-order chi connectivity index (χ1) is 10.9. The number of amides is 3. The van der Waals surface area contributed by atoms with Crippen molar-refractivity contribution in [2.24, 2.45) is 5.10 Å². The number of amidine groups is 1. The molecule has 1 atom stereocenters. The van der Waals surface area contributed by atoms with Crippen molar-refractivity contribution in [2.45, 2.75) is 32.4 Å². The normalized spacial score (nSPS) is 18.7. The lowest BCUT2D eigenvalue weighted by atomic mass is 10.1. The lowest BCUT2D eigenvalue weighted by Crippen LogP contribution is -2.29. The van der Waals surface area contributed by atoms with Gasteiger partial charge in [-0.25, -0.2) is 5.43 Å². The molecule has 23 heavy (non-hydrogen) atoms. The number of hydrazone groups is 1. The van der Waals surface area contributed by atoms with E-state index in [1.165, 1.54) is 6.92 Å². The van der Waals surface area contributed by atoms with Crippen LogP contribution in [0.5, 0.6) is 0 Å². The van der Waals surface area contributed by atoms with Crippen LogP contribution in [-0.2, 0) is 14.4 Å². The van der Waals surface area contributed by atoms with Crippen LogP contribution in [0.2, 0.25) is 0 Å². The number of carbonyl (C=O) groups excluding carboxylic acids is 3. The van der Waals surface area contributed by atoms with Crippen LogP contribution in [0.3, 0.4) is 0 Å². The molecule has 8 heteroatoms. The molecule has 1 aliphatic heterocycles. The highest BCUT2D eigenvalue weighted by Gasteiger charge is 2.32. The second-order valence-corrected chi connectivity index (χ2v) is 6.39. The third kappa shape index (κ3) is 4.56. The Labute approximate surface area is 138 Å². The van der Waals surface area contributed by atoms with Crippen LogP contribution in [0.1, 0.15) is 24.5 Å². The summed E-state index contributed by atoms with van der Waals surface area (Å²) in [7, 11) is 0. The molecule has 2 rings (SSSR count). The second kappa shape index (κ2) is 7.28. The van der Waals surface area contributed by atoms with Gasteiger partial charge in [-0.3, -0.25) is 14.4 Å². The number of anilines is 1. The fraction of sp³-hybridized carbons (Fsp3) is 0.333. The first kappa shape index (κ1) is 17.0. The lowest BCUT2D eigenvalue weighted by Gasteiger charge is -2.12. The summed E-state index contributed by atoms with van der Waals surface area (Å²) in [6.45, 7) is 5.15. The van der Waals surface area contributed by atoms with Crippen LogP contribution in [-0.4, -0.2) is 28.1 Å². The largest absolute Gasteiger partial charge is 0.326 e. The molecule has 0 unspecified atom stereocenters. The average molecular weight is 334 g/mol. The summed E-state index contributed by atoms with van der Waals surface area (Å²) in [4.78, 5) is 34.8. The molecular formula is C15H18N4O3S. The first-order valence-corrected chi connectivity index (χ1v) is 7.92. The molecule has 1 aliphatic rings. The Kier molecular flexibility index (Phi) is 5.38. The van der Waals surface area contributed by atoms with Gasteiger partial charge in [0, 0.05) is 19.0 Å². The van der Waals surface area contributed by atoms with Gasteiger partial charge in [-0.15, -0.1) is 5.10 Å². The van der Waals surface area contributed by atoms with E-state index in [1.54, 1.807) is 0 Å². The molecule has 1 saturated heterocycles. The molecule has 1 aromatic carbocycles. The van der Waals surface area contributed by atoms with Gasteiger partial charge in [-0.2, -0.15) is 0 Å². The molecule has 1 fully saturated rings. The van der Waals surface area contributed by atoms with E-state index in [0.29, 0.717) is 0 Å². The molecule has 1 heterocycles. The first-order valence-electron chi connectivity index (χ1n) is 7.04. The van der Waals surface area contributed by atoms with Crippen LogP contribution in [0.4, 0.5) is 5.69 Å². The zero-order valence-corrected chi connectivity index (χ0v) is 13.9. The number of aryl methyl sites for hydroxylation is 2. The van der Waals surface area contributed by atoms with Crippen molar-refractivity contribution in [1.29, 1.82) is 0 Å². The van der Waals surface area contributed by atoms with Crippen molar-refractivity contribution in [3.05, 3.63) is 29.3 Å². The Hall–Kier alpha value is -2.35. The van der Waals surface area contributed by atoms with Crippen molar-refractivity contribution in [1.82, 2.24) is 10.7 Å². The highest BCUT2D eigenvalue weighted by Crippen LogP contribution is 2.24. The molecule has 3 amide bonds. The van der Waals surface area contributed by atoms with Crippen molar-refractivity contribution < 1.29 is 14.4 Å². The number of thioether (sulfide) groups is 1. The summed E-state index contributed by atoms with van der Waals surface area (Å²) in [5.41, 5.74) is 4.96. The van der Waals surface area contributed by atoms with Crippen molar-refractivity contribution in [2.75, 3.05) is 5.32 Å². The SMILES string of the molecule is CC(=O)N/N=C1\NC(=O)[C@@H](CC(=O)Nc2c(C)cccc2C)S1. The minimum absolute atomic E-state index is 0.0311. The molecule has 0 radical (unpaired) electrons. The maximum atomic E-state index is 12.2. The van der Waals surface area contributed by atoms with E-state index < -0.39 is 5.25 Å². The van der Waals surface area contributed by atoms with Gasteiger partial charge in [0.1, 0.15) is 5.25 Å². The summed E-state index contributed by atoms with van der Waals surface area (Å²) < 4.78 is 0. The van der Waals surface area contributed by atoms with Gasteiger partial charge in [0.05, 0.1) is 0 Å². The molecule has 3 N–H and O–H groups in total. The van der Waals surface area contributed by atoms with Gasteiger partial charge >= 0.3 is 0 Å². The summed E-state index contributed by atoms with van der Waals surface area (Å²) in [6.07, 6.45) is 0.0311. The van der Waals surface area contributed by atoms with Crippen molar-refractivity contribution in [3.8, 4) is 0 Å². The number of para-hydroxylation sites is 1. The van der Waals surface area contributed by atoms with E-state index in [1.807, 2.05) is 32.0 Å². The Morgan fingerprint density at radius 2 is 1.96 bits per heavy atom. The number of benzene rings is 1. The standard InChI is InChI=1S/C15H18N4O3S/c1-8-5-4-6-9(2)13(8)16-12(21)7-11-14(22)17-15(23-11)19-18-10(3)20/h4-6,11H,7H2,1-3H3,(H,16,21)(H,18,20)(H,17,19,22)/t11-/m1/s1. The quantitative estimate of drug-likeness (QED) is 0.722. The lowest BCUT2D eigenvalue weighted by molar-refractivity contribution is -0.122. The maximum Gasteiger partial charge on any atom is 0.240 e. The topological polar surface area (TPSA) is 99.7 Å². The molecule has 0 aromatic heterocycles. The Morgan fingerprint density at radius 3 is 2.57 bits per heavy atom. The monoisotopic (exact) mass is 334 g/mol. The molecule has 7 nitrogen and oxygen atoms in total. The Morgan fingerprint density at radius 1 is 1.30 bits per heavy atom. The predicted molar refractivity (Wildman–Crippen MR) is 89.9 cm³/mol. The molecular weight excluding hydrogens is 316 g/mol. The molecule has 0 bridgehead atoms. The molecule has 0 spiro atoms. The third-order valence-electron chi connectivity index (χ3n) is 3.21. The average Bonchev–Trinajstić information content (AvgIpc) is 2.81. The third-order valence-corrected chi connectivity index (χ3v) is 4.29. The van der Waals surface area contributed by atoms with Crippen LogP contribution in [0, 0.1) is 13.8 Å². The van der Waals surface area contributed by atoms with E-state index in [4.69, 9.17) is 0 Å². The van der Waals surface area contributed by atoms with E-state index in [9.17, 15) is 14.4 Å². The Balaban J connectivity index is 1.97. The zero-order chi connectivity index (χ0) is 17.0. The highest BCUT2D eigenvalue weighted by atomic mass is 32.2. The van der Waals surface area contributed by atoms with Gasteiger partial charge in [-0.05, 0) is 25.0 Å². The summed E-state index contributed by atoms with van der Waals surface area (Å²) in [5, 5.41) is 8.86. The smallest absolute Gasteiger partial charge is 0.240 e. The van der Waals surface area contributed by atoms with Crippen LogP contribution in [0.25, 0.3) is 0 Å². The number of rotatable bonds is 4. The maximum absolute atomic E-state index is 12.2. The van der Waals surface area contributed by atoms with Crippen LogP contribution in [0.15, 0.2) is 23.3 Å². The number of hydrogen-bond acceptors (Lipinski definition) is 5. The number of nitrogens with zero attached hydrogens (tertiary/aromatic N) is 1. The van der Waals surface area contributed by atoms with Gasteiger partial charge < -0.3 is 10.6 Å². The zero-order valence-electron chi connectivity index (χ0n) is 13.1. The molecule has 122 valence electrons. The van der Waals surface area contributed by atoms with Gasteiger partial charge in [0.2, 0.25) is 17.7 Å². The van der Waals surface area contributed by atoms with E-state index in [2.05, 4.69) is 21.2 Å². The number of hydrogen-bond donors (Lipinski definition) is 3. The fourth-order valence-corrected chi connectivity index (χ4v) is 3.02. The van der Waals surface area contributed by atoms with E-state index in [0.717, 1.165) is 28.6 Å². The fourth-order valence-electron chi connectivity index (χ4n) is 2.09. The molecule has 0 saturated carbocycles. The Bertz CT molecular complexity index is 667. The minimum atomic E-state index is -0.563. The van der Waals surface area contributed by atoms with Crippen molar-refractivity contribution in [3.63, 3.8) is 0 Å². The number of nitrogens with one attached hydrogen (secondary N) is 3. The summed E-state index contributed by atoms with van der Waals surface area (Å²) in [5.74, 6) is -0.866. The number of carbonyl (C=O) groups is 3. The van der Waals surface area contributed by atoms with Gasteiger partial charge in [-0.1, -0.05) is 30.0 Å². The van der Waals surface area contributed by atoms with E-state index in [-0.39, 0.29) is 29.3 Å². The van der Waals surface area contributed by atoms with Crippen molar-refractivity contribution >= 4 is 40.3 Å².